The first-order chi connectivity index (χ1) is 8.04. The Morgan fingerprint density at radius 3 is 2.59 bits per heavy atom. The first-order valence-electron chi connectivity index (χ1n) is 6.22. The number of halogens is 1. The van der Waals surface area contributed by atoms with Crippen molar-refractivity contribution >= 4 is 15.9 Å². The lowest BCUT2D eigenvalue weighted by Gasteiger charge is -2.14. The lowest BCUT2D eigenvalue weighted by molar-refractivity contribution is 0.251. The molecule has 0 saturated carbocycles. The zero-order chi connectivity index (χ0) is 12.8. The maximum Gasteiger partial charge on any atom is 0.120 e. The number of nitrogens with two attached hydrogens (primary N) is 1. The van der Waals surface area contributed by atoms with Crippen LogP contribution in [0.5, 0.6) is 5.75 Å². The summed E-state index contributed by atoms with van der Waals surface area (Å²) in [6, 6.07) is 6.05. The molecule has 0 amide bonds. The molecular weight excluding hydrogens is 278 g/mol. The molecule has 96 valence electrons. The monoisotopic (exact) mass is 299 g/mol. The van der Waals surface area contributed by atoms with Gasteiger partial charge in [0.1, 0.15) is 5.75 Å². The van der Waals surface area contributed by atoms with Crippen LogP contribution < -0.4 is 10.5 Å². The molecule has 0 aliphatic carbocycles. The fraction of sp³-hybridized carbons (Fsp3) is 0.571. The van der Waals surface area contributed by atoms with Gasteiger partial charge in [-0.3, -0.25) is 0 Å². The van der Waals surface area contributed by atoms with Gasteiger partial charge in [0.25, 0.3) is 0 Å². The molecule has 0 spiro atoms. The standard InChI is InChI=1S/C14H22BrNO/c1-4-5-10(2)9-17-12-6-7-13(11(3)16)14(15)8-12/h6-8,10-11H,4-5,9,16H2,1-3H3/t10?,11-/m0/s1. The molecule has 17 heavy (non-hydrogen) atoms. The van der Waals surface area contributed by atoms with Crippen LogP contribution in [0, 0.1) is 5.92 Å². The molecule has 0 radical (unpaired) electrons. The highest BCUT2D eigenvalue weighted by Crippen LogP contribution is 2.27. The molecule has 0 aromatic heterocycles. The van der Waals surface area contributed by atoms with Crippen molar-refractivity contribution in [2.75, 3.05) is 6.61 Å². The molecule has 0 bridgehead atoms. The van der Waals surface area contributed by atoms with Gasteiger partial charge in [0.15, 0.2) is 0 Å². The summed E-state index contributed by atoms with van der Waals surface area (Å²) in [5, 5.41) is 0. The molecule has 2 atom stereocenters. The Labute approximate surface area is 113 Å². The average Bonchev–Trinajstić information content (AvgIpc) is 2.26. The molecule has 2 nitrogen and oxygen atoms in total. The minimum absolute atomic E-state index is 0.0393. The van der Waals surface area contributed by atoms with Crippen molar-refractivity contribution in [3.8, 4) is 5.75 Å². The molecule has 0 saturated heterocycles. The normalized spacial score (nSPS) is 14.4. The van der Waals surface area contributed by atoms with Gasteiger partial charge in [-0.15, -0.1) is 0 Å². The van der Waals surface area contributed by atoms with Crippen LogP contribution in [-0.4, -0.2) is 6.61 Å². The summed E-state index contributed by atoms with van der Waals surface area (Å²) < 4.78 is 6.79. The van der Waals surface area contributed by atoms with Crippen molar-refractivity contribution in [2.24, 2.45) is 11.7 Å². The van der Waals surface area contributed by atoms with Crippen LogP contribution in [0.2, 0.25) is 0 Å². The van der Waals surface area contributed by atoms with Gasteiger partial charge in [0.05, 0.1) is 6.61 Å². The van der Waals surface area contributed by atoms with Gasteiger partial charge in [-0.05, 0) is 37.0 Å². The van der Waals surface area contributed by atoms with E-state index < -0.39 is 0 Å². The fourth-order valence-electron chi connectivity index (χ4n) is 1.78. The minimum Gasteiger partial charge on any atom is -0.493 e. The molecule has 3 heteroatoms. The van der Waals surface area contributed by atoms with Crippen molar-refractivity contribution in [3.63, 3.8) is 0 Å². The smallest absolute Gasteiger partial charge is 0.120 e. The van der Waals surface area contributed by atoms with Gasteiger partial charge in [-0.1, -0.05) is 42.3 Å². The van der Waals surface area contributed by atoms with E-state index in [9.17, 15) is 0 Å². The molecule has 1 rings (SSSR count). The fourth-order valence-corrected chi connectivity index (χ4v) is 2.50. The highest BCUT2D eigenvalue weighted by atomic mass is 79.9. The maximum absolute atomic E-state index is 5.86. The second-order valence-electron chi connectivity index (χ2n) is 4.68. The van der Waals surface area contributed by atoms with Gasteiger partial charge in [0.2, 0.25) is 0 Å². The van der Waals surface area contributed by atoms with Gasteiger partial charge in [-0.25, -0.2) is 0 Å². The van der Waals surface area contributed by atoms with Crippen molar-refractivity contribution in [1.29, 1.82) is 0 Å². The summed E-state index contributed by atoms with van der Waals surface area (Å²) in [4.78, 5) is 0. The van der Waals surface area contributed by atoms with Gasteiger partial charge < -0.3 is 10.5 Å². The molecule has 0 aliphatic heterocycles. The largest absolute Gasteiger partial charge is 0.493 e. The van der Waals surface area contributed by atoms with E-state index >= 15 is 0 Å². The predicted octanol–water partition coefficient (Wildman–Crippen LogP) is 4.28. The van der Waals surface area contributed by atoms with Gasteiger partial charge in [-0.2, -0.15) is 0 Å². The Bertz CT molecular complexity index is 352. The predicted molar refractivity (Wildman–Crippen MR) is 76.3 cm³/mol. The first kappa shape index (κ1) is 14.5. The Morgan fingerprint density at radius 2 is 2.06 bits per heavy atom. The van der Waals surface area contributed by atoms with E-state index in [4.69, 9.17) is 10.5 Å². The topological polar surface area (TPSA) is 35.2 Å². The number of hydrogen-bond donors (Lipinski definition) is 1. The first-order valence-corrected chi connectivity index (χ1v) is 7.01. The van der Waals surface area contributed by atoms with Crippen LogP contribution in [0.1, 0.15) is 45.2 Å². The highest BCUT2D eigenvalue weighted by Gasteiger charge is 2.07. The van der Waals surface area contributed by atoms with Crippen LogP contribution in [0.4, 0.5) is 0 Å². The molecule has 1 aromatic rings. The van der Waals surface area contributed by atoms with Crippen molar-refractivity contribution < 1.29 is 4.74 Å². The highest BCUT2D eigenvalue weighted by molar-refractivity contribution is 9.10. The second kappa shape index (κ2) is 7.02. The summed E-state index contributed by atoms with van der Waals surface area (Å²) in [5.74, 6) is 1.51. The Morgan fingerprint density at radius 1 is 1.35 bits per heavy atom. The number of rotatable bonds is 6. The van der Waals surface area contributed by atoms with Crippen molar-refractivity contribution in [1.82, 2.24) is 0 Å². The number of benzene rings is 1. The molecule has 0 aliphatic rings. The van der Waals surface area contributed by atoms with Crippen LogP contribution in [0.25, 0.3) is 0 Å². The summed E-state index contributed by atoms with van der Waals surface area (Å²) >= 11 is 3.53. The van der Waals surface area contributed by atoms with Crippen molar-refractivity contribution in [2.45, 2.75) is 39.7 Å². The summed E-state index contributed by atoms with van der Waals surface area (Å²) in [6.07, 6.45) is 2.41. The SMILES string of the molecule is CCCC(C)COc1ccc([C@H](C)N)c(Br)c1. The Kier molecular flexibility index (Phi) is 6.00. The molecule has 1 unspecified atom stereocenters. The van der Waals surface area contributed by atoms with Crippen LogP contribution >= 0.6 is 15.9 Å². The molecule has 1 aromatic carbocycles. The van der Waals surface area contributed by atoms with E-state index in [1.54, 1.807) is 0 Å². The summed E-state index contributed by atoms with van der Waals surface area (Å²) in [5.41, 5.74) is 6.97. The molecular formula is C14H22BrNO. The molecule has 0 heterocycles. The lowest BCUT2D eigenvalue weighted by Crippen LogP contribution is -2.09. The Hall–Kier alpha value is -0.540. The summed E-state index contributed by atoms with van der Waals surface area (Å²) in [7, 11) is 0. The van der Waals surface area contributed by atoms with Gasteiger partial charge >= 0.3 is 0 Å². The van der Waals surface area contributed by atoms with E-state index in [2.05, 4.69) is 29.8 Å². The van der Waals surface area contributed by atoms with Gasteiger partial charge in [0, 0.05) is 10.5 Å². The summed E-state index contributed by atoms with van der Waals surface area (Å²) in [6.45, 7) is 7.17. The van der Waals surface area contributed by atoms with Crippen LogP contribution in [-0.2, 0) is 0 Å². The average molecular weight is 300 g/mol. The van der Waals surface area contributed by atoms with Crippen LogP contribution in [0.15, 0.2) is 22.7 Å². The van der Waals surface area contributed by atoms with E-state index in [0.29, 0.717) is 5.92 Å². The van der Waals surface area contributed by atoms with E-state index in [1.165, 1.54) is 12.8 Å². The third-order valence-electron chi connectivity index (χ3n) is 2.78. The zero-order valence-electron chi connectivity index (χ0n) is 10.9. The second-order valence-corrected chi connectivity index (χ2v) is 5.53. The zero-order valence-corrected chi connectivity index (χ0v) is 12.5. The Balaban J connectivity index is 2.58. The number of ether oxygens (including phenoxy) is 1. The maximum atomic E-state index is 5.86. The molecule has 2 N–H and O–H groups in total. The third kappa shape index (κ3) is 4.68. The van der Waals surface area contributed by atoms with E-state index in [-0.39, 0.29) is 6.04 Å². The lowest BCUT2D eigenvalue weighted by atomic mass is 10.1. The minimum atomic E-state index is 0.0393. The van der Waals surface area contributed by atoms with E-state index in [1.807, 2.05) is 25.1 Å². The van der Waals surface area contributed by atoms with Crippen LogP contribution in [0.3, 0.4) is 0 Å². The quantitative estimate of drug-likeness (QED) is 0.851. The third-order valence-corrected chi connectivity index (χ3v) is 3.47. The van der Waals surface area contributed by atoms with Crippen molar-refractivity contribution in [3.05, 3.63) is 28.2 Å². The number of hydrogen-bond acceptors (Lipinski definition) is 2. The van der Waals surface area contributed by atoms with E-state index in [0.717, 1.165) is 22.4 Å². The molecule has 0 fully saturated rings.